The SMILES string of the molecule is CNC(=O)CCC(NC(=O)[C@H](CC(C)C)NC(=O)OCc1ccccc1)C(O)CF. The molecule has 0 radical (unpaired) electrons. The average Bonchev–Trinajstić information content (AvgIpc) is 2.74. The molecule has 1 rings (SSSR count). The van der Waals surface area contributed by atoms with Crippen LogP contribution in [0, 0.1) is 5.92 Å². The van der Waals surface area contributed by atoms with Crippen LogP contribution < -0.4 is 16.0 Å². The maximum atomic E-state index is 13.0. The Kier molecular flexibility index (Phi) is 11.4. The van der Waals surface area contributed by atoms with Crippen molar-refractivity contribution in [3.8, 4) is 0 Å². The van der Waals surface area contributed by atoms with Crippen molar-refractivity contribution in [1.82, 2.24) is 16.0 Å². The lowest BCUT2D eigenvalue weighted by Crippen LogP contribution is -2.53. The lowest BCUT2D eigenvalue weighted by Gasteiger charge is -2.26. The Morgan fingerprint density at radius 2 is 1.80 bits per heavy atom. The van der Waals surface area contributed by atoms with Crippen molar-refractivity contribution >= 4 is 17.9 Å². The van der Waals surface area contributed by atoms with Crippen molar-refractivity contribution in [2.45, 2.75) is 57.9 Å². The first-order chi connectivity index (χ1) is 14.3. The van der Waals surface area contributed by atoms with Crippen LogP contribution >= 0.6 is 0 Å². The number of alkyl carbamates (subject to hydrolysis) is 1. The van der Waals surface area contributed by atoms with Gasteiger partial charge in [-0.3, -0.25) is 9.59 Å². The van der Waals surface area contributed by atoms with Crippen molar-refractivity contribution in [2.24, 2.45) is 5.92 Å². The van der Waals surface area contributed by atoms with Crippen LogP contribution in [0.15, 0.2) is 30.3 Å². The third-order valence-electron chi connectivity index (χ3n) is 4.44. The molecular weight excluding hydrogens is 393 g/mol. The highest BCUT2D eigenvalue weighted by Crippen LogP contribution is 2.10. The predicted molar refractivity (Wildman–Crippen MR) is 110 cm³/mol. The standard InChI is InChI=1S/C21H32FN3O5/c1-14(2)11-17(25-21(29)30-13-15-7-5-4-6-8-15)20(28)24-16(18(26)12-22)9-10-19(27)23-3/h4-8,14,16-18,26H,9-13H2,1-3H3,(H,23,27)(H,24,28)(H,25,29)/t16?,17-,18?/m0/s1. The van der Waals surface area contributed by atoms with Crippen molar-refractivity contribution in [1.29, 1.82) is 0 Å². The lowest BCUT2D eigenvalue weighted by molar-refractivity contribution is -0.126. The van der Waals surface area contributed by atoms with Gasteiger partial charge < -0.3 is 25.8 Å². The van der Waals surface area contributed by atoms with Gasteiger partial charge in [-0.2, -0.15) is 0 Å². The number of carbonyl (C=O) groups is 3. The molecule has 1 aromatic carbocycles. The molecular formula is C21H32FN3O5. The molecule has 1 aromatic rings. The molecule has 9 heteroatoms. The fourth-order valence-corrected chi connectivity index (χ4v) is 2.77. The van der Waals surface area contributed by atoms with Crippen LogP contribution in [0.5, 0.6) is 0 Å². The van der Waals surface area contributed by atoms with Crippen LogP contribution in [0.25, 0.3) is 0 Å². The van der Waals surface area contributed by atoms with Crippen LogP contribution in [0.2, 0.25) is 0 Å². The van der Waals surface area contributed by atoms with Crippen LogP contribution in [0.1, 0.15) is 38.7 Å². The Balaban J connectivity index is 2.72. The fourth-order valence-electron chi connectivity index (χ4n) is 2.77. The number of hydrogen-bond donors (Lipinski definition) is 4. The van der Waals surface area contributed by atoms with E-state index < -0.39 is 36.9 Å². The van der Waals surface area contributed by atoms with E-state index in [4.69, 9.17) is 4.74 Å². The average molecular weight is 426 g/mol. The van der Waals surface area contributed by atoms with Gasteiger partial charge in [-0.25, -0.2) is 9.18 Å². The molecule has 0 heterocycles. The van der Waals surface area contributed by atoms with Gasteiger partial charge in [-0.15, -0.1) is 0 Å². The van der Waals surface area contributed by atoms with Crippen molar-refractivity contribution in [2.75, 3.05) is 13.7 Å². The number of alkyl halides is 1. The lowest BCUT2D eigenvalue weighted by atomic mass is 10.0. The number of aliphatic hydroxyl groups is 1. The molecule has 3 amide bonds. The number of rotatable bonds is 12. The number of hydrogen-bond acceptors (Lipinski definition) is 5. The van der Waals surface area contributed by atoms with Gasteiger partial charge >= 0.3 is 6.09 Å². The highest BCUT2D eigenvalue weighted by atomic mass is 19.1. The second-order valence-electron chi connectivity index (χ2n) is 7.44. The summed E-state index contributed by atoms with van der Waals surface area (Å²) >= 11 is 0. The van der Waals surface area contributed by atoms with E-state index in [1.54, 1.807) is 12.1 Å². The first-order valence-electron chi connectivity index (χ1n) is 9.99. The molecule has 0 aliphatic rings. The van der Waals surface area contributed by atoms with E-state index >= 15 is 0 Å². The minimum Gasteiger partial charge on any atom is -0.445 e. The van der Waals surface area contributed by atoms with E-state index in [0.29, 0.717) is 6.42 Å². The van der Waals surface area contributed by atoms with Crippen LogP contribution in [-0.4, -0.2) is 54.9 Å². The molecule has 2 unspecified atom stereocenters. The van der Waals surface area contributed by atoms with Gasteiger partial charge in [0.05, 0.1) is 6.04 Å². The zero-order valence-electron chi connectivity index (χ0n) is 17.7. The number of nitrogens with one attached hydrogen (secondary N) is 3. The summed E-state index contributed by atoms with van der Waals surface area (Å²) in [5.74, 6) is -0.790. The smallest absolute Gasteiger partial charge is 0.408 e. The Morgan fingerprint density at radius 3 is 2.37 bits per heavy atom. The van der Waals surface area contributed by atoms with E-state index in [0.717, 1.165) is 5.56 Å². The molecule has 8 nitrogen and oxygen atoms in total. The van der Waals surface area contributed by atoms with Gasteiger partial charge in [0.1, 0.15) is 25.4 Å². The van der Waals surface area contributed by atoms with Crippen LogP contribution in [0.3, 0.4) is 0 Å². The summed E-state index contributed by atoms with van der Waals surface area (Å²) in [5, 5.41) is 17.4. The normalized spacial score (nSPS) is 13.8. The second kappa shape index (κ2) is 13.5. The summed E-state index contributed by atoms with van der Waals surface area (Å²) in [4.78, 5) is 36.3. The fraction of sp³-hybridized carbons (Fsp3) is 0.571. The number of benzene rings is 1. The number of aliphatic hydroxyl groups excluding tert-OH is 1. The zero-order chi connectivity index (χ0) is 22.5. The molecule has 0 saturated carbocycles. The summed E-state index contributed by atoms with van der Waals surface area (Å²) < 4.78 is 18.1. The highest BCUT2D eigenvalue weighted by molar-refractivity contribution is 5.86. The monoisotopic (exact) mass is 425 g/mol. The quantitative estimate of drug-likeness (QED) is 0.406. The minimum absolute atomic E-state index is 0.0138. The van der Waals surface area contributed by atoms with Crippen LogP contribution in [-0.2, 0) is 20.9 Å². The summed E-state index contributed by atoms with van der Waals surface area (Å²) in [7, 11) is 1.46. The van der Waals surface area contributed by atoms with E-state index in [9.17, 15) is 23.9 Å². The molecule has 0 spiro atoms. The molecule has 0 aliphatic heterocycles. The Labute approximate surface area is 176 Å². The van der Waals surface area contributed by atoms with Crippen molar-refractivity contribution in [3.63, 3.8) is 0 Å². The summed E-state index contributed by atoms with van der Waals surface area (Å²) in [6, 6.07) is 7.21. The van der Waals surface area contributed by atoms with E-state index in [-0.39, 0.29) is 31.3 Å². The van der Waals surface area contributed by atoms with Crippen LogP contribution in [0.4, 0.5) is 9.18 Å². The van der Waals surface area contributed by atoms with Gasteiger partial charge in [-0.05, 0) is 24.3 Å². The second-order valence-corrected chi connectivity index (χ2v) is 7.44. The zero-order valence-corrected chi connectivity index (χ0v) is 17.7. The number of carbonyl (C=O) groups excluding carboxylic acids is 3. The van der Waals surface area contributed by atoms with Gasteiger partial charge in [0.15, 0.2) is 0 Å². The third kappa shape index (κ3) is 9.69. The van der Waals surface area contributed by atoms with E-state index in [1.807, 2.05) is 32.0 Å². The maximum absolute atomic E-state index is 13.0. The molecule has 3 atom stereocenters. The van der Waals surface area contributed by atoms with Crippen molar-refractivity contribution in [3.05, 3.63) is 35.9 Å². The van der Waals surface area contributed by atoms with Gasteiger partial charge in [0.2, 0.25) is 11.8 Å². The Bertz CT molecular complexity index is 672. The highest BCUT2D eigenvalue weighted by Gasteiger charge is 2.28. The molecule has 168 valence electrons. The summed E-state index contributed by atoms with van der Waals surface area (Å²) in [5.41, 5.74) is 0.804. The van der Waals surface area contributed by atoms with Gasteiger partial charge in [0.25, 0.3) is 0 Å². The topological polar surface area (TPSA) is 117 Å². The van der Waals surface area contributed by atoms with E-state index in [1.165, 1.54) is 7.05 Å². The molecule has 0 fully saturated rings. The summed E-state index contributed by atoms with van der Waals surface area (Å²) in [6.45, 7) is 2.76. The molecule has 0 bridgehead atoms. The first-order valence-corrected chi connectivity index (χ1v) is 9.99. The van der Waals surface area contributed by atoms with Crippen molar-refractivity contribution < 1.29 is 28.6 Å². The largest absolute Gasteiger partial charge is 0.445 e. The Hall–Kier alpha value is -2.68. The molecule has 4 N–H and O–H groups in total. The van der Waals surface area contributed by atoms with E-state index in [2.05, 4.69) is 16.0 Å². The molecule has 30 heavy (non-hydrogen) atoms. The minimum atomic E-state index is -1.46. The molecule has 0 saturated heterocycles. The maximum Gasteiger partial charge on any atom is 0.408 e. The molecule has 0 aromatic heterocycles. The number of amides is 3. The summed E-state index contributed by atoms with van der Waals surface area (Å²) in [6.07, 6.45) is -1.82. The molecule has 0 aliphatic carbocycles. The Morgan fingerprint density at radius 1 is 1.13 bits per heavy atom. The number of ether oxygens (including phenoxy) is 1. The van der Waals surface area contributed by atoms with Gasteiger partial charge in [-0.1, -0.05) is 44.2 Å². The number of halogens is 1. The predicted octanol–water partition coefficient (Wildman–Crippen LogP) is 1.67. The first kappa shape index (κ1) is 25.4. The third-order valence-corrected chi connectivity index (χ3v) is 4.44. The van der Waals surface area contributed by atoms with Gasteiger partial charge in [0, 0.05) is 13.5 Å².